The molecule has 10 heavy (non-hydrogen) atoms. The molecule has 1 atom stereocenters. The van der Waals surface area contributed by atoms with Gasteiger partial charge in [-0.3, -0.25) is 0 Å². The van der Waals surface area contributed by atoms with Gasteiger partial charge in [0.25, 0.3) is 0 Å². The van der Waals surface area contributed by atoms with Gasteiger partial charge in [-0.15, -0.1) is 0 Å². The lowest BCUT2D eigenvalue weighted by Crippen LogP contribution is -2.31. The lowest BCUT2D eigenvalue weighted by molar-refractivity contribution is 0.110. The molecule has 0 radical (unpaired) electrons. The molecule has 0 rings (SSSR count). The van der Waals surface area contributed by atoms with Crippen molar-refractivity contribution >= 4 is 0 Å². The molecule has 0 saturated carbocycles. The quantitative estimate of drug-likeness (QED) is 0.593. The van der Waals surface area contributed by atoms with Crippen LogP contribution < -0.4 is 5.73 Å². The van der Waals surface area contributed by atoms with Gasteiger partial charge in [-0.05, 0) is 12.3 Å². The molecule has 0 amide bonds. The summed E-state index contributed by atoms with van der Waals surface area (Å²) in [6.07, 6.45) is 1.07. The molecule has 0 aromatic rings. The lowest BCUT2D eigenvalue weighted by Gasteiger charge is -2.14. The van der Waals surface area contributed by atoms with Gasteiger partial charge in [-0.25, -0.2) is 0 Å². The van der Waals surface area contributed by atoms with Crippen LogP contribution in [-0.2, 0) is 4.74 Å². The molecular weight excluding hydrogens is 126 g/mol. The van der Waals surface area contributed by atoms with Gasteiger partial charge in [0.05, 0.1) is 6.61 Å². The Morgan fingerprint density at radius 2 is 2.00 bits per heavy atom. The van der Waals surface area contributed by atoms with Crippen LogP contribution in [0.25, 0.3) is 0 Å². The van der Waals surface area contributed by atoms with Crippen LogP contribution in [0.5, 0.6) is 0 Å². The second kappa shape index (κ2) is 5.69. The predicted molar refractivity (Wildman–Crippen MR) is 43.9 cm³/mol. The van der Waals surface area contributed by atoms with Crippen LogP contribution in [0.2, 0.25) is 0 Å². The molecule has 0 aromatic carbocycles. The summed E-state index contributed by atoms with van der Waals surface area (Å²) < 4.78 is 5.28. The molecule has 0 saturated heterocycles. The summed E-state index contributed by atoms with van der Waals surface area (Å²) in [5.41, 5.74) is 5.73. The molecule has 0 spiro atoms. The van der Waals surface area contributed by atoms with E-state index in [4.69, 9.17) is 10.5 Å². The third-order valence-corrected chi connectivity index (χ3v) is 1.52. The molecular formula is C8H19NO. The normalized spacial score (nSPS) is 14.1. The smallest absolute Gasteiger partial charge is 0.0619 e. The highest BCUT2D eigenvalue weighted by Gasteiger charge is 2.05. The van der Waals surface area contributed by atoms with Crippen LogP contribution in [0, 0.1) is 5.92 Å². The van der Waals surface area contributed by atoms with E-state index in [1.807, 2.05) is 0 Å². The summed E-state index contributed by atoms with van der Waals surface area (Å²) in [6.45, 7) is 7.85. The minimum absolute atomic E-state index is 0.201. The van der Waals surface area contributed by atoms with E-state index in [2.05, 4.69) is 20.8 Å². The van der Waals surface area contributed by atoms with Crippen LogP contribution in [0.4, 0.5) is 0 Å². The van der Waals surface area contributed by atoms with Gasteiger partial charge in [0.2, 0.25) is 0 Å². The van der Waals surface area contributed by atoms with E-state index in [9.17, 15) is 0 Å². The molecule has 0 aliphatic rings. The van der Waals surface area contributed by atoms with E-state index in [-0.39, 0.29) is 6.04 Å². The maximum atomic E-state index is 5.73. The van der Waals surface area contributed by atoms with E-state index >= 15 is 0 Å². The highest BCUT2D eigenvalue weighted by Crippen LogP contribution is 1.98. The van der Waals surface area contributed by atoms with Crippen molar-refractivity contribution in [1.82, 2.24) is 0 Å². The number of hydrogen-bond donors (Lipinski definition) is 1. The van der Waals surface area contributed by atoms with E-state index < -0.39 is 0 Å². The van der Waals surface area contributed by atoms with E-state index in [1.54, 1.807) is 0 Å². The van der Waals surface area contributed by atoms with Gasteiger partial charge >= 0.3 is 0 Å². The summed E-state index contributed by atoms with van der Waals surface area (Å²) in [7, 11) is 0. The van der Waals surface area contributed by atoms with Crippen LogP contribution in [0.3, 0.4) is 0 Å². The molecule has 2 N–H and O–H groups in total. The van der Waals surface area contributed by atoms with Crippen molar-refractivity contribution in [2.75, 3.05) is 13.2 Å². The Hall–Kier alpha value is -0.0800. The summed E-state index contributed by atoms with van der Waals surface area (Å²) in [5.74, 6) is 0.525. The topological polar surface area (TPSA) is 35.2 Å². The first-order valence-electron chi connectivity index (χ1n) is 4.01. The first-order chi connectivity index (χ1) is 4.68. The molecule has 0 bridgehead atoms. The SMILES string of the molecule is CCCOC[C@H](N)C(C)C. The highest BCUT2D eigenvalue weighted by molar-refractivity contribution is 4.63. The highest BCUT2D eigenvalue weighted by atomic mass is 16.5. The Balaban J connectivity index is 3.13. The van der Waals surface area contributed by atoms with Crippen molar-refractivity contribution in [3.05, 3.63) is 0 Å². The van der Waals surface area contributed by atoms with Crippen LogP contribution in [0.15, 0.2) is 0 Å². The Morgan fingerprint density at radius 3 is 2.40 bits per heavy atom. The maximum absolute atomic E-state index is 5.73. The molecule has 0 unspecified atom stereocenters. The van der Waals surface area contributed by atoms with Crippen molar-refractivity contribution in [3.63, 3.8) is 0 Å². The fraction of sp³-hybridized carbons (Fsp3) is 1.00. The summed E-state index contributed by atoms with van der Waals surface area (Å²) in [4.78, 5) is 0. The molecule has 0 aliphatic carbocycles. The van der Waals surface area contributed by atoms with Gasteiger partial charge < -0.3 is 10.5 Å². The minimum atomic E-state index is 0.201. The first kappa shape index (κ1) is 9.92. The largest absolute Gasteiger partial charge is 0.380 e. The zero-order chi connectivity index (χ0) is 7.98. The van der Waals surface area contributed by atoms with Gasteiger partial charge in [0.1, 0.15) is 0 Å². The second-order valence-electron chi connectivity index (χ2n) is 2.98. The van der Waals surface area contributed by atoms with Crippen LogP contribution in [-0.4, -0.2) is 19.3 Å². The molecule has 2 heteroatoms. The standard InChI is InChI=1S/C8H19NO/c1-4-5-10-6-8(9)7(2)3/h7-8H,4-6,9H2,1-3H3/t8-/m0/s1. The Bertz CT molecular complexity index is 73.7. The van der Waals surface area contributed by atoms with Gasteiger partial charge in [-0.1, -0.05) is 20.8 Å². The molecule has 2 nitrogen and oxygen atoms in total. The number of ether oxygens (including phenoxy) is 1. The number of rotatable bonds is 5. The van der Waals surface area contributed by atoms with Crippen LogP contribution >= 0.6 is 0 Å². The molecule has 62 valence electrons. The summed E-state index contributed by atoms with van der Waals surface area (Å²) in [5, 5.41) is 0. The lowest BCUT2D eigenvalue weighted by atomic mass is 10.1. The van der Waals surface area contributed by atoms with E-state index in [0.29, 0.717) is 12.5 Å². The second-order valence-corrected chi connectivity index (χ2v) is 2.98. The number of nitrogens with two attached hydrogens (primary N) is 1. The van der Waals surface area contributed by atoms with Crippen LogP contribution in [0.1, 0.15) is 27.2 Å². The maximum Gasteiger partial charge on any atom is 0.0619 e. The Morgan fingerprint density at radius 1 is 1.40 bits per heavy atom. The first-order valence-corrected chi connectivity index (χ1v) is 4.01. The van der Waals surface area contributed by atoms with E-state index in [0.717, 1.165) is 13.0 Å². The summed E-state index contributed by atoms with van der Waals surface area (Å²) in [6, 6.07) is 0.201. The third kappa shape index (κ3) is 4.77. The van der Waals surface area contributed by atoms with Gasteiger partial charge in [-0.2, -0.15) is 0 Å². The van der Waals surface area contributed by atoms with Crippen molar-refractivity contribution < 1.29 is 4.74 Å². The zero-order valence-corrected chi connectivity index (χ0v) is 7.26. The summed E-state index contributed by atoms with van der Waals surface area (Å²) >= 11 is 0. The fourth-order valence-electron chi connectivity index (χ4n) is 0.556. The average Bonchev–Trinajstić information content (AvgIpc) is 1.88. The van der Waals surface area contributed by atoms with Crippen molar-refractivity contribution in [2.45, 2.75) is 33.2 Å². The number of hydrogen-bond acceptors (Lipinski definition) is 2. The molecule has 0 aromatic heterocycles. The zero-order valence-electron chi connectivity index (χ0n) is 7.26. The molecule has 0 aliphatic heterocycles. The fourth-order valence-corrected chi connectivity index (χ4v) is 0.556. The third-order valence-electron chi connectivity index (χ3n) is 1.52. The Kier molecular flexibility index (Phi) is 5.64. The average molecular weight is 145 g/mol. The monoisotopic (exact) mass is 145 g/mol. The Labute approximate surface area is 63.7 Å². The minimum Gasteiger partial charge on any atom is -0.380 e. The van der Waals surface area contributed by atoms with Gasteiger partial charge in [0.15, 0.2) is 0 Å². The molecule has 0 fully saturated rings. The molecule has 0 heterocycles. The van der Waals surface area contributed by atoms with Crippen molar-refractivity contribution in [3.8, 4) is 0 Å². The predicted octanol–water partition coefficient (Wildman–Crippen LogP) is 1.40. The van der Waals surface area contributed by atoms with E-state index in [1.165, 1.54) is 0 Å². The van der Waals surface area contributed by atoms with Crippen molar-refractivity contribution in [2.24, 2.45) is 11.7 Å². The van der Waals surface area contributed by atoms with Gasteiger partial charge in [0, 0.05) is 12.6 Å². The van der Waals surface area contributed by atoms with Crippen molar-refractivity contribution in [1.29, 1.82) is 0 Å².